The van der Waals surface area contributed by atoms with E-state index >= 15 is 0 Å². The number of rotatable bonds is 8. The topological polar surface area (TPSA) is 165 Å². The van der Waals surface area contributed by atoms with Crippen LogP contribution in [0.2, 0.25) is 15.1 Å². The SMILES string of the molecule is CC(C)(C)c1cc(-c2cccc(-c3ccc(CS(C)(=O)=O)cc3Cl)c2)ccn1.CC(C)(C)c1cc(-c2cccc(-c3ccc(N)cc3Cl)c2)ccn1.CC(C)(O)C(C)(C)O.Nc1ccc(-c2cccc(Br)c2)c(Cl)c1.[B]c1ccnc(C(C)(C)C)c1. The number of benzene rings is 6. The molecule has 2 radical (unpaired) electrons. The fraction of sp³-hybridized carbons (Fsp3) is 0.282. The quantitative estimate of drug-likeness (QED) is 0.0856. The fourth-order valence-electron chi connectivity index (χ4n) is 8.00. The average molecular weight is 1300 g/mol. The molecular weight excluding hydrogens is 1220 g/mol. The summed E-state index contributed by atoms with van der Waals surface area (Å²) < 4.78 is 24.1. The summed E-state index contributed by atoms with van der Waals surface area (Å²) in [5, 5.41) is 20.1. The molecule has 0 unspecified atom stereocenters. The fourth-order valence-corrected chi connectivity index (χ4v) is 10.1. The van der Waals surface area contributed by atoms with Gasteiger partial charge in [-0.25, -0.2) is 8.42 Å². The Morgan fingerprint density at radius 3 is 1.12 bits per heavy atom. The summed E-state index contributed by atoms with van der Waals surface area (Å²) in [6.45, 7) is 25.6. The molecule has 3 aromatic heterocycles. The zero-order valence-electron chi connectivity index (χ0n) is 51.7. The molecule has 6 N–H and O–H groups in total. The maximum Gasteiger partial charge on any atom is 0.151 e. The van der Waals surface area contributed by atoms with Crippen molar-refractivity contribution in [3.8, 4) is 55.6 Å². The zero-order chi connectivity index (χ0) is 64.2. The van der Waals surface area contributed by atoms with Crippen molar-refractivity contribution < 1.29 is 18.6 Å². The Morgan fingerprint density at radius 1 is 0.442 bits per heavy atom. The third kappa shape index (κ3) is 21.8. The lowest BCUT2D eigenvalue weighted by molar-refractivity contribution is -0.107. The first-order valence-electron chi connectivity index (χ1n) is 27.9. The molecule has 3 heterocycles. The Balaban J connectivity index is 0.000000210. The number of hydrogen-bond donors (Lipinski definition) is 4. The predicted molar refractivity (Wildman–Crippen MR) is 371 cm³/mol. The molecule has 0 aliphatic heterocycles. The second-order valence-electron chi connectivity index (χ2n) is 25.2. The van der Waals surface area contributed by atoms with E-state index in [9.17, 15) is 8.42 Å². The molecule has 0 saturated carbocycles. The Kier molecular flexibility index (Phi) is 24.2. The van der Waals surface area contributed by atoms with Gasteiger partial charge in [0.2, 0.25) is 0 Å². The molecule has 0 spiro atoms. The summed E-state index contributed by atoms with van der Waals surface area (Å²) >= 11 is 22.4. The maximum atomic E-state index is 11.5. The van der Waals surface area contributed by atoms with Gasteiger partial charge in [0.05, 0.1) is 27.0 Å². The van der Waals surface area contributed by atoms with Gasteiger partial charge in [-0.2, -0.15) is 0 Å². The van der Waals surface area contributed by atoms with E-state index in [1.54, 1.807) is 58.2 Å². The Bertz CT molecular complexity index is 3850. The molecule has 9 rings (SSSR count). The van der Waals surface area contributed by atoms with Gasteiger partial charge in [-0.3, -0.25) is 15.0 Å². The molecule has 0 aliphatic carbocycles. The monoisotopic (exact) mass is 1290 g/mol. The summed E-state index contributed by atoms with van der Waals surface area (Å²) in [6, 6.07) is 53.2. The number of pyridine rings is 3. The number of aromatic nitrogens is 3. The molecule has 0 saturated heterocycles. The lowest BCUT2D eigenvalue weighted by Crippen LogP contribution is -2.44. The van der Waals surface area contributed by atoms with Crippen molar-refractivity contribution in [2.45, 2.75) is 123 Å². The van der Waals surface area contributed by atoms with Crippen molar-refractivity contribution in [3.63, 3.8) is 0 Å². The van der Waals surface area contributed by atoms with Gasteiger partial charge in [-0.1, -0.05) is 197 Å². The zero-order valence-corrected chi connectivity index (χ0v) is 56.4. The molecular formula is C71H80BBrCl3N5O4S. The van der Waals surface area contributed by atoms with E-state index in [0.717, 1.165) is 82.7 Å². The van der Waals surface area contributed by atoms with Gasteiger partial charge in [0.15, 0.2) is 9.84 Å². The van der Waals surface area contributed by atoms with Crippen molar-refractivity contribution in [2.75, 3.05) is 17.7 Å². The van der Waals surface area contributed by atoms with E-state index < -0.39 is 21.0 Å². The van der Waals surface area contributed by atoms with Crippen LogP contribution in [-0.4, -0.2) is 58.9 Å². The van der Waals surface area contributed by atoms with Gasteiger partial charge in [-0.15, -0.1) is 0 Å². The standard InChI is InChI=1S/C23H24ClNO2S.C21H21ClN2.C12H9BrClN.C9H12BN.C6H14O2/c1-23(2,3)22-14-18(10-11-25-22)17-6-5-7-19(13-17)20-9-8-16(12-21(20)24)15-28(4,26)27;1-21(2,3)20-12-15(9-10-24-20)14-5-4-6-16(11-14)18-8-7-17(23)13-19(18)22;13-9-3-1-2-8(6-9)11-5-4-10(15)7-12(11)14;1-9(2,3)8-6-7(10)4-5-11-8;1-5(2,7)6(3,4)8/h5-14H,15H2,1-4H3;4-13H,23H2,1-3H3;1-7H,15H2;4-6H,1-3H3;7-8H,1-4H3. The molecule has 9 nitrogen and oxygen atoms in total. The summed E-state index contributed by atoms with van der Waals surface area (Å²) in [4.78, 5) is 13.2. The summed E-state index contributed by atoms with van der Waals surface area (Å²) in [7, 11) is 2.52. The van der Waals surface area contributed by atoms with Crippen LogP contribution < -0.4 is 16.9 Å². The highest BCUT2D eigenvalue weighted by Crippen LogP contribution is 2.36. The van der Waals surface area contributed by atoms with Gasteiger partial charge < -0.3 is 21.7 Å². The number of halogens is 4. The van der Waals surface area contributed by atoms with E-state index in [-0.39, 0.29) is 22.0 Å². The molecule has 6 aromatic carbocycles. The first-order chi connectivity index (χ1) is 39.8. The summed E-state index contributed by atoms with van der Waals surface area (Å²) in [6.07, 6.45) is 6.68. The molecule has 0 atom stereocenters. The second-order valence-corrected chi connectivity index (χ2v) is 29.5. The Labute approximate surface area is 536 Å². The van der Waals surface area contributed by atoms with Gasteiger partial charge in [0.1, 0.15) is 7.85 Å². The maximum absolute atomic E-state index is 11.5. The van der Waals surface area contributed by atoms with Gasteiger partial charge in [0.25, 0.3) is 0 Å². The van der Waals surface area contributed by atoms with Crippen LogP contribution in [0.5, 0.6) is 0 Å². The Morgan fingerprint density at radius 2 is 0.779 bits per heavy atom. The number of sulfone groups is 1. The van der Waals surface area contributed by atoms with Crippen LogP contribution in [0.1, 0.15) is 113 Å². The number of nitrogens with two attached hydrogens (primary N) is 2. The third-order valence-corrected chi connectivity index (χ3v) is 16.0. The number of nitrogens with zero attached hydrogens (tertiary/aromatic N) is 3. The van der Waals surface area contributed by atoms with E-state index in [1.165, 1.54) is 6.26 Å². The average Bonchev–Trinajstić information content (AvgIpc) is 3.28. The largest absolute Gasteiger partial charge is 0.399 e. The molecule has 0 bridgehead atoms. The van der Waals surface area contributed by atoms with Crippen LogP contribution in [-0.2, 0) is 31.8 Å². The van der Waals surface area contributed by atoms with E-state index in [4.69, 9.17) is 64.3 Å². The minimum atomic E-state index is -3.09. The molecule has 0 fully saturated rings. The van der Waals surface area contributed by atoms with E-state index in [2.05, 4.69) is 142 Å². The van der Waals surface area contributed by atoms with Gasteiger partial charge in [-0.05, 0) is 157 Å². The van der Waals surface area contributed by atoms with Crippen LogP contribution in [0.15, 0.2) is 187 Å². The number of nitrogen functional groups attached to an aromatic ring is 2. The van der Waals surface area contributed by atoms with Gasteiger partial charge >= 0.3 is 0 Å². The minimum Gasteiger partial charge on any atom is -0.399 e. The van der Waals surface area contributed by atoms with Crippen molar-refractivity contribution in [2.24, 2.45) is 0 Å². The van der Waals surface area contributed by atoms with Crippen molar-refractivity contribution in [1.29, 1.82) is 0 Å². The lowest BCUT2D eigenvalue weighted by atomic mass is 9.87. The van der Waals surface area contributed by atoms with Crippen LogP contribution in [0, 0.1) is 0 Å². The normalized spacial score (nSPS) is 11.8. The highest BCUT2D eigenvalue weighted by atomic mass is 79.9. The van der Waals surface area contributed by atoms with Crippen molar-refractivity contribution in [3.05, 3.63) is 225 Å². The lowest BCUT2D eigenvalue weighted by Gasteiger charge is -2.31. The summed E-state index contributed by atoms with van der Waals surface area (Å²) in [5.74, 6) is -0.0143. The minimum absolute atomic E-state index is 0.0143. The molecule has 86 heavy (non-hydrogen) atoms. The first kappa shape index (κ1) is 70.4. The van der Waals surface area contributed by atoms with E-state index in [1.807, 2.05) is 103 Å². The van der Waals surface area contributed by atoms with Crippen LogP contribution in [0.25, 0.3) is 55.6 Å². The number of aliphatic hydroxyl groups is 2. The van der Waals surface area contributed by atoms with Crippen LogP contribution in [0.4, 0.5) is 11.4 Å². The Hall–Kier alpha value is -6.35. The highest BCUT2D eigenvalue weighted by molar-refractivity contribution is 9.10. The summed E-state index contributed by atoms with van der Waals surface area (Å²) in [5.41, 5.74) is 26.0. The van der Waals surface area contributed by atoms with Crippen LogP contribution >= 0.6 is 50.7 Å². The highest BCUT2D eigenvalue weighted by Gasteiger charge is 2.32. The van der Waals surface area contributed by atoms with Crippen molar-refractivity contribution >= 4 is 85.3 Å². The molecule has 0 aliphatic rings. The van der Waals surface area contributed by atoms with E-state index in [0.29, 0.717) is 32.0 Å². The van der Waals surface area contributed by atoms with Crippen LogP contribution in [0.3, 0.4) is 0 Å². The molecule has 9 aromatic rings. The van der Waals surface area contributed by atoms with Crippen molar-refractivity contribution in [1.82, 2.24) is 15.0 Å². The molecule has 15 heteroatoms. The number of anilines is 2. The second kappa shape index (κ2) is 29.6. The third-order valence-electron chi connectivity index (χ3n) is 13.7. The predicted octanol–water partition coefficient (Wildman–Crippen LogP) is 17.9. The molecule has 450 valence electrons. The molecule has 0 amide bonds. The smallest absolute Gasteiger partial charge is 0.151 e. The van der Waals surface area contributed by atoms with Gasteiger partial charge in [0, 0.05) is 95.7 Å². The first-order valence-corrected chi connectivity index (χ1v) is 31.9. The number of hydrogen-bond acceptors (Lipinski definition) is 9.